The quantitative estimate of drug-likeness (QED) is 0.734. The molecule has 7 nitrogen and oxygen atoms in total. The van der Waals surface area contributed by atoms with E-state index in [-0.39, 0.29) is 0 Å². The van der Waals surface area contributed by atoms with E-state index < -0.39 is 0 Å². The van der Waals surface area contributed by atoms with Crippen LogP contribution in [0.5, 0.6) is 0 Å². The van der Waals surface area contributed by atoms with Gasteiger partial charge in [0.05, 0.1) is 24.8 Å². The van der Waals surface area contributed by atoms with Crippen molar-refractivity contribution < 1.29 is 4.42 Å². The van der Waals surface area contributed by atoms with E-state index in [4.69, 9.17) is 9.40 Å². The highest BCUT2D eigenvalue weighted by molar-refractivity contribution is 5.47. The van der Waals surface area contributed by atoms with Crippen molar-refractivity contribution >= 4 is 5.82 Å². The molecule has 0 bridgehead atoms. The SMILES string of the molecule is Cc1nc2c(c(NCCn3cccn3)n1)CCN(Cc1ccoc1)CC2. The summed E-state index contributed by atoms with van der Waals surface area (Å²) in [5.41, 5.74) is 3.65. The van der Waals surface area contributed by atoms with Crippen molar-refractivity contribution in [2.24, 2.45) is 0 Å². The van der Waals surface area contributed by atoms with Gasteiger partial charge in [0.25, 0.3) is 0 Å². The Morgan fingerprint density at radius 3 is 2.96 bits per heavy atom. The fourth-order valence-corrected chi connectivity index (χ4v) is 3.44. The molecule has 0 saturated heterocycles. The normalized spacial score (nSPS) is 14.8. The summed E-state index contributed by atoms with van der Waals surface area (Å²) in [6.45, 7) is 6.49. The van der Waals surface area contributed by atoms with Gasteiger partial charge < -0.3 is 9.73 Å². The van der Waals surface area contributed by atoms with Gasteiger partial charge >= 0.3 is 0 Å². The van der Waals surface area contributed by atoms with E-state index in [1.54, 1.807) is 12.5 Å². The summed E-state index contributed by atoms with van der Waals surface area (Å²) in [4.78, 5) is 11.8. The van der Waals surface area contributed by atoms with Crippen LogP contribution in [0.4, 0.5) is 5.82 Å². The van der Waals surface area contributed by atoms with E-state index in [1.807, 2.05) is 36.2 Å². The van der Waals surface area contributed by atoms with Crippen LogP contribution in [0.2, 0.25) is 0 Å². The average Bonchev–Trinajstić information content (AvgIpc) is 3.28. The second kappa shape index (κ2) is 7.70. The highest BCUT2D eigenvalue weighted by atomic mass is 16.3. The summed E-state index contributed by atoms with van der Waals surface area (Å²) in [6, 6.07) is 3.97. The van der Waals surface area contributed by atoms with Crippen molar-refractivity contribution in [3.8, 4) is 0 Å². The highest BCUT2D eigenvalue weighted by Gasteiger charge is 2.19. The van der Waals surface area contributed by atoms with Crippen molar-refractivity contribution in [3.05, 3.63) is 59.7 Å². The Bertz CT molecular complexity index is 828. The molecular formula is C19H24N6O. The summed E-state index contributed by atoms with van der Waals surface area (Å²) in [5.74, 6) is 1.80. The number of hydrogen-bond donors (Lipinski definition) is 1. The third-order valence-corrected chi connectivity index (χ3v) is 4.73. The second-order valence-electron chi connectivity index (χ2n) is 6.65. The van der Waals surface area contributed by atoms with E-state index in [0.717, 1.165) is 57.2 Å². The minimum absolute atomic E-state index is 0.795. The van der Waals surface area contributed by atoms with Gasteiger partial charge in [-0.1, -0.05) is 0 Å². The summed E-state index contributed by atoms with van der Waals surface area (Å²) in [6.07, 6.45) is 9.24. The van der Waals surface area contributed by atoms with E-state index in [9.17, 15) is 0 Å². The van der Waals surface area contributed by atoms with E-state index in [2.05, 4.69) is 20.3 Å². The molecule has 0 saturated carbocycles. The summed E-state index contributed by atoms with van der Waals surface area (Å²) >= 11 is 0. The lowest BCUT2D eigenvalue weighted by Gasteiger charge is -2.18. The van der Waals surface area contributed by atoms with Crippen molar-refractivity contribution in [2.75, 3.05) is 25.0 Å². The summed E-state index contributed by atoms with van der Waals surface area (Å²) in [7, 11) is 0. The number of fused-ring (bicyclic) bond motifs is 1. The zero-order chi connectivity index (χ0) is 17.8. The largest absolute Gasteiger partial charge is 0.472 e. The first-order chi connectivity index (χ1) is 12.8. The lowest BCUT2D eigenvalue weighted by molar-refractivity contribution is 0.278. The fourth-order valence-electron chi connectivity index (χ4n) is 3.44. The van der Waals surface area contributed by atoms with Crippen LogP contribution in [0.1, 0.15) is 22.6 Å². The number of rotatable bonds is 6. The van der Waals surface area contributed by atoms with Crippen LogP contribution in [0.25, 0.3) is 0 Å². The van der Waals surface area contributed by atoms with Gasteiger partial charge in [-0.15, -0.1) is 0 Å². The molecule has 3 aromatic rings. The van der Waals surface area contributed by atoms with Crippen LogP contribution in [-0.4, -0.2) is 44.3 Å². The van der Waals surface area contributed by atoms with Crippen molar-refractivity contribution in [3.63, 3.8) is 0 Å². The van der Waals surface area contributed by atoms with E-state index in [1.165, 1.54) is 16.8 Å². The maximum absolute atomic E-state index is 5.19. The number of anilines is 1. The maximum Gasteiger partial charge on any atom is 0.133 e. The van der Waals surface area contributed by atoms with Gasteiger partial charge in [-0.25, -0.2) is 9.97 Å². The molecule has 7 heteroatoms. The molecule has 0 spiro atoms. The molecule has 1 aliphatic heterocycles. The fraction of sp³-hybridized carbons (Fsp3) is 0.421. The number of aryl methyl sites for hydroxylation is 1. The van der Waals surface area contributed by atoms with Gasteiger partial charge in [-0.3, -0.25) is 9.58 Å². The Morgan fingerprint density at radius 2 is 2.15 bits per heavy atom. The van der Waals surface area contributed by atoms with Crippen molar-refractivity contribution in [1.29, 1.82) is 0 Å². The standard InChI is InChI=1S/C19H24N6O/c1-15-22-18-4-10-24(13-16-5-12-26-14-16)9-3-17(18)19(23-15)20-7-11-25-8-2-6-21-25/h2,5-6,8,12,14H,3-4,7,9-11,13H2,1H3,(H,20,22,23). The Kier molecular flexibility index (Phi) is 4.97. The molecule has 4 rings (SSSR count). The lowest BCUT2D eigenvalue weighted by Crippen LogP contribution is -2.25. The number of aromatic nitrogens is 4. The van der Waals surface area contributed by atoms with E-state index in [0.29, 0.717) is 0 Å². The van der Waals surface area contributed by atoms with Crippen LogP contribution >= 0.6 is 0 Å². The molecule has 136 valence electrons. The third-order valence-electron chi connectivity index (χ3n) is 4.73. The number of nitrogens with one attached hydrogen (secondary N) is 1. The molecule has 0 atom stereocenters. The van der Waals surface area contributed by atoms with Crippen molar-refractivity contribution in [1.82, 2.24) is 24.6 Å². The molecule has 0 aromatic carbocycles. The zero-order valence-corrected chi connectivity index (χ0v) is 15.1. The third kappa shape index (κ3) is 3.94. The van der Waals surface area contributed by atoms with Gasteiger partial charge in [0.2, 0.25) is 0 Å². The van der Waals surface area contributed by atoms with Gasteiger partial charge in [0, 0.05) is 56.1 Å². The first kappa shape index (κ1) is 16.8. The minimum Gasteiger partial charge on any atom is -0.472 e. The molecule has 0 radical (unpaired) electrons. The predicted octanol–water partition coefficient (Wildman–Crippen LogP) is 2.29. The highest BCUT2D eigenvalue weighted by Crippen LogP contribution is 2.22. The smallest absolute Gasteiger partial charge is 0.133 e. The monoisotopic (exact) mass is 352 g/mol. The molecule has 0 unspecified atom stereocenters. The lowest BCUT2D eigenvalue weighted by atomic mass is 10.1. The number of hydrogen-bond acceptors (Lipinski definition) is 6. The Morgan fingerprint density at radius 1 is 1.23 bits per heavy atom. The Labute approximate surface area is 153 Å². The van der Waals surface area contributed by atoms with Gasteiger partial charge in [0.15, 0.2) is 0 Å². The molecule has 0 fully saturated rings. The topological polar surface area (TPSA) is 72.0 Å². The molecule has 1 N–H and O–H groups in total. The molecule has 26 heavy (non-hydrogen) atoms. The van der Waals surface area contributed by atoms with Crippen molar-refractivity contribution in [2.45, 2.75) is 32.9 Å². The first-order valence-electron chi connectivity index (χ1n) is 9.09. The molecule has 0 amide bonds. The Balaban J connectivity index is 1.44. The van der Waals surface area contributed by atoms with Crippen LogP contribution in [0.3, 0.4) is 0 Å². The van der Waals surface area contributed by atoms with Crippen LogP contribution in [0.15, 0.2) is 41.5 Å². The summed E-state index contributed by atoms with van der Waals surface area (Å²) in [5, 5.41) is 7.74. The zero-order valence-electron chi connectivity index (χ0n) is 15.1. The van der Waals surface area contributed by atoms with Crippen LogP contribution in [-0.2, 0) is 25.9 Å². The van der Waals surface area contributed by atoms with E-state index >= 15 is 0 Å². The predicted molar refractivity (Wildman–Crippen MR) is 98.9 cm³/mol. The van der Waals surface area contributed by atoms with Crippen LogP contribution < -0.4 is 5.32 Å². The molecule has 0 aliphatic carbocycles. The second-order valence-corrected chi connectivity index (χ2v) is 6.65. The molecular weight excluding hydrogens is 328 g/mol. The Hall–Kier alpha value is -2.67. The van der Waals surface area contributed by atoms with Gasteiger partial charge in [-0.05, 0) is 25.5 Å². The molecule has 3 aromatic heterocycles. The summed E-state index contributed by atoms with van der Waals surface area (Å²) < 4.78 is 7.12. The molecule has 1 aliphatic rings. The molecule has 4 heterocycles. The number of furan rings is 1. The van der Waals surface area contributed by atoms with Gasteiger partial charge in [-0.2, -0.15) is 5.10 Å². The minimum atomic E-state index is 0.795. The first-order valence-corrected chi connectivity index (χ1v) is 9.09. The maximum atomic E-state index is 5.19. The van der Waals surface area contributed by atoms with Crippen LogP contribution in [0, 0.1) is 6.92 Å². The number of nitrogens with zero attached hydrogens (tertiary/aromatic N) is 5. The average molecular weight is 352 g/mol. The van der Waals surface area contributed by atoms with Gasteiger partial charge in [0.1, 0.15) is 11.6 Å².